The second-order valence-electron chi connectivity index (χ2n) is 5.09. The summed E-state index contributed by atoms with van der Waals surface area (Å²) in [6.07, 6.45) is 0. The van der Waals surface area contributed by atoms with Crippen LogP contribution < -0.4 is 10.1 Å². The van der Waals surface area contributed by atoms with E-state index in [1.54, 1.807) is 24.3 Å². The van der Waals surface area contributed by atoms with E-state index in [2.05, 4.69) is 11.4 Å². The largest absolute Gasteiger partial charge is 0.490 e. The summed E-state index contributed by atoms with van der Waals surface area (Å²) < 4.78 is 5.43. The topological polar surface area (TPSA) is 58.6 Å². The normalized spacial score (nSPS) is 12.7. The van der Waals surface area contributed by atoms with Gasteiger partial charge in [-0.25, -0.2) is 0 Å². The van der Waals surface area contributed by atoms with Crippen LogP contribution in [0.1, 0.15) is 12.5 Å². The van der Waals surface area contributed by atoms with Gasteiger partial charge >= 0.3 is 0 Å². The Morgan fingerprint density at radius 3 is 2.55 bits per heavy atom. The molecule has 2 N–H and O–H groups in total. The van der Waals surface area contributed by atoms with E-state index in [0.29, 0.717) is 11.4 Å². The molecule has 2 aromatic carbocycles. The van der Waals surface area contributed by atoms with E-state index in [1.807, 2.05) is 31.2 Å². The predicted molar refractivity (Wildman–Crippen MR) is 81.2 cm³/mol. The van der Waals surface area contributed by atoms with Crippen LogP contribution >= 0.6 is 0 Å². The fourth-order valence-corrected chi connectivity index (χ4v) is 1.65. The second-order valence-corrected chi connectivity index (χ2v) is 5.09. The van der Waals surface area contributed by atoms with Crippen molar-refractivity contribution in [3.8, 4) is 5.75 Å². The van der Waals surface area contributed by atoms with Crippen molar-refractivity contribution in [3.05, 3.63) is 60.2 Å². The van der Waals surface area contributed by atoms with Gasteiger partial charge in [-0.2, -0.15) is 23.8 Å². The van der Waals surface area contributed by atoms with E-state index >= 15 is 0 Å². The molecule has 0 aromatic heterocycles. The van der Waals surface area contributed by atoms with Crippen molar-refractivity contribution in [2.45, 2.75) is 19.4 Å². The zero-order chi connectivity index (χ0) is 15.3. The molecule has 22 heavy (non-hydrogen) atoms. The molecule has 0 heterocycles. The standard InChI is InChI=1S/C17H18NO3.Y/c1-13-8-10-14(11-9-13)18-16(19)17(2,20)12-21-15-6-4-3-5-7-15;/h3-8,10-11,20H,12H2,1-2H3,(H,18,19);/q-1;/t17-;/m0./s1. The molecule has 0 unspecified atom stereocenters. The van der Waals surface area contributed by atoms with Crippen molar-refractivity contribution >= 4 is 11.6 Å². The van der Waals surface area contributed by atoms with Crippen LogP contribution in [0.25, 0.3) is 0 Å². The number of benzene rings is 2. The number of anilines is 1. The molecule has 113 valence electrons. The molecule has 0 aliphatic rings. The average Bonchev–Trinajstić information content (AvgIpc) is 2.48. The number of aliphatic hydroxyl groups is 1. The number of ether oxygens (including phenoxy) is 1. The molecule has 0 saturated carbocycles. The average molecular weight is 373 g/mol. The van der Waals surface area contributed by atoms with Gasteiger partial charge in [-0.1, -0.05) is 30.8 Å². The van der Waals surface area contributed by atoms with E-state index in [0.717, 1.165) is 5.56 Å². The third-order valence-corrected chi connectivity index (χ3v) is 2.98. The number of nitrogens with one attached hydrogen (secondary N) is 1. The van der Waals surface area contributed by atoms with E-state index < -0.39 is 11.5 Å². The Hall–Kier alpha value is -1.23. The molecule has 4 nitrogen and oxygen atoms in total. The van der Waals surface area contributed by atoms with Gasteiger partial charge in [0.15, 0.2) is 5.60 Å². The van der Waals surface area contributed by atoms with Gasteiger partial charge in [0.25, 0.3) is 0 Å². The molecule has 0 saturated heterocycles. The summed E-state index contributed by atoms with van der Waals surface area (Å²) in [6.45, 7) is 3.21. The monoisotopic (exact) mass is 373 g/mol. The maximum Gasteiger partial charge on any atom is 0.248 e. The van der Waals surface area contributed by atoms with Crippen molar-refractivity contribution in [2.75, 3.05) is 11.9 Å². The summed E-state index contributed by atoms with van der Waals surface area (Å²) in [6, 6.07) is 17.3. The molecule has 1 atom stereocenters. The summed E-state index contributed by atoms with van der Waals surface area (Å²) in [5.74, 6) is 0.0879. The third kappa shape index (κ3) is 5.52. The fraction of sp³-hybridized carbons (Fsp3) is 0.235. The van der Waals surface area contributed by atoms with Crippen LogP contribution in [0.4, 0.5) is 5.69 Å². The first-order chi connectivity index (χ1) is 9.97. The molecule has 0 spiro atoms. The number of hydrogen-bond donors (Lipinski definition) is 2. The number of carbonyl (C=O) groups excluding carboxylic acids is 1. The van der Waals surface area contributed by atoms with Crippen molar-refractivity contribution in [1.82, 2.24) is 0 Å². The molecule has 0 aliphatic heterocycles. The smallest absolute Gasteiger partial charge is 0.248 e. The van der Waals surface area contributed by atoms with Crippen LogP contribution in [-0.2, 0) is 37.5 Å². The number of hydrogen-bond acceptors (Lipinski definition) is 3. The summed E-state index contributed by atoms with van der Waals surface area (Å²) in [7, 11) is 0. The van der Waals surface area contributed by atoms with Crippen LogP contribution in [0.5, 0.6) is 5.75 Å². The van der Waals surface area contributed by atoms with E-state index in [1.165, 1.54) is 6.92 Å². The van der Waals surface area contributed by atoms with Gasteiger partial charge in [-0.3, -0.25) is 4.79 Å². The number of para-hydroxylation sites is 1. The Morgan fingerprint density at radius 2 is 1.95 bits per heavy atom. The van der Waals surface area contributed by atoms with Crippen LogP contribution in [0, 0.1) is 13.0 Å². The van der Waals surface area contributed by atoms with Crippen LogP contribution in [0.2, 0.25) is 0 Å². The Labute approximate surface area is 155 Å². The Kier molecular flexibility index (Phi) is 7.20. The Balaban J connectivity index is 0.00000242. The maximum atomic E-state index is 12.1. The van der Waals surface area contributed by atoms with Gasteiger partial charge < -0.3 is 15.2 Å². The zero-order valence-electron chi connectivity index (χ0n) is 12.7. The molecule has 5 heteroatoms. The summed E-state index contributed by atoms with van der Waals surface area (Å²) in [4.78, 5) is 12.1. The van der Waals surface area contributed by atoms with Crippen LogP contribution in [-0.4, -0.2) is 23.2 Å². The molecular formula is C17H18NO3Y-. The van der Waals surface area contributed by atoms with Crippen LogP contribution in [0.15, 0.2) is 48.5 Å². The fourth-order valence-electron chi connectivity index (χ4n) is 1.65. The van der Waals surface area contributed by atoms with Gasteiger partial charge in [-0.15, -0.1) is 6.07 Å². The summed E-state index contributed by atoms with van der Waals surface area (Å²) in [5, 5.41) is 12.9. The molecule has 1 amide bonds. The molecule has 0 aliphatic carbocycles. The molecule has 1 radical (unpaired) electrons. The van der Waals surface area contributed by atoms with Crippen molar-refractivity contribution in [2.24, 2.45) is 0 Å². The van der Waals surface area contributed by atoms with Crippen LogP contribution in [0.3, 0.4) is 0 Å². The minimum Gasteiger partial charge on any atom is -0.490 e. The molecule has 0 bridgehead atoms. The number of amides is 1. The summed E-state index contributed by atoms with van der Waals surface area (Å²) in [5.41, 5.74) is -0.0569. The van der Waals surface area contributed by atoms with Gasteiger partial charge in [0.2, 0.25) is 5.91 Å². The second kappa shape index (κ2) is 8.42. The molecule has 2 aromatic rings. The number of carbonyl (C=O) groups is 1. The third-order valence-electron chi connectivity index (χ3n) is 2.98. The number of rotatable bonds is 5. The zero-order valence-corrected chi connectivity index (χ0v) is 15.5. The quantitative estimate of drug-likeness (QED) is 0.793. The van der Waals surface area contributed by atoms with Gasteiger partial charge in [0.05, 0.1) is 0 Å². The molecular weight excluding hydrogens is 355 g/mol. The van der Waals surface area contributed by atoms with E-state index in [4.69, 9.17) is 4.74 Å². The van der Waals surface area contributed by atoms with E-state index in [9.17, 15) is 9.90 Å². The van der Waals surface area contributed by atoms with Crippen molar-refractivity contribution in [3.63, 3.8) is 0 Å². The molecule has 2 rings (SSSR count). The first-order valence-electron chi connectivity index (χ1n) is 6.67. The summed E-state index contributed by atoms with van der Waals surface area (Å²) >= 11 is 0. The number of aryl methyl sites for hydroxylation is 1. The molecule has 0 fully saturated rings. The predicted octanol–water partition coefficient (Wildman–Crippen LogP) is 2.56. The SMILES string of the molecule is Cc1[c-]cc(NC(=O)[C@@](C)(O)COc2ccccc2)cc1.[Y]. The van der Waals surface area contributed by atoms with Crippen molar-refractivity contribution < 1.29 is 47.3 Å². The first kappa shape index (κ1) is 18.8. The van der Waals surface area contributed by atoms with Gasteiger partial charge in [0, 0.05) is 32.7 Å². The minimum absolute atomic E-state index is 0. The van der Waals surface area contributed by atoms with Gasteiger partial charge in [0.1, 0.15) is 12.4 Å². The van der Waals surface area contributed by atoms with Gasteiger partial charge in [-0.05, 0) is 19.1 Å². The first-order valence-corrected chi connectivity index (χ1v) is 6.67. The maximum absolute atomic E-state index is 12.1. The minimum atomic E-state index is -1.62. The van der Waals surface area contributed by atoms with Crippen molar-refractivity contribution in [1.29, 1.82) is 0 Å². The van der Waals surface area contributed by atoms with E-state index in [-0.39, 0.29) is 39.3 Å². The Bertz CT molecular complexity index is 597. The Morgan fingerprint density at radius 1 is 1.27 bits per heavy atom.